The third-order valence-corrected chi connectivity index (χ3v) is 4.08. The van der Waals surface area contributed by atoms with Crippen molar-refractivity contribution < 1.29 is 0 Å². The van der Waals surface area contributed by atoms with Gasteiger partial charge in [-0.15, -0.1) is 0 Å². The van der Waals surface area contributed by atoms with Crippen LogP contribution in [-0.4, -0.2) is 0 Å². The van der Waals surface area contributed by atoms with E-state index in [0.29, 0.717) is 0 Å². The van der Waals surface area contributed by atoms with E-state index in [1.54, 1.807) is 16.7 Å². The van der Waals surface area contributed by atoms with Gasteiger partial charge in [0.25, 0.3) is 0 Å². The van der Waals surface area contributed by atoms with Crippen molar-refractivity contribution in [2.24, 2.45) is 0 Å². The van der Waals surface area contributed by atoms with E-state index in [-0.39, 0.29) is 0 Å². The van der Waals surface area contributed by atoms with Crippen LogP contribution in [0.2, 0.25) is 0 Å². The van der Waals surface area contributed by atoms with E-state index in [2.05, 4.69) is 34.1 Å². The number of hydrogen-bond donors (Lipinski definition) is 0. The van der Waals surface area contributed by atoms with Gasteiger partial charge in [-0.3, -0.25) is 0 Å². The molecule has 2 aliphatic carbocycles. The molecular weight excluding hydrogens is 236 g/mol. The summed E-state index contributed by atoms with van der Waals surface area (Å²) in [7, 11) is 0. The summed E-state index contributed by atoms with van der Waals surface area (Å²) in [6.07, 6.45) is 11.0. The Morgan fingerprint density at radius 3 is 2.64 bits per heavy atom. The summed E-state index contributed by atoms with van der Waals surface area (Å²) in [4.78, 5) is 0. The summed E-state index contributed by atoms with van der Waals surface area (Å²) >= 11 is 3.70. The molecule has 72 valence electrons. The van der Waals surface area contributed by atoms with E-state index < -0.39 is 0 Å². The molecule has 0 aliphatic heterocycles. The van der Waals surface area contributed by atoms with Gasteiger partial charge in [-0.2, -0.15) is 0 Å². The molecule has 0 atom stereocenters. The summed E-state index contributed by atoms with van der Waals surface area (Å²) in [5.74, 6) is 0. The molecule has 0 spiro atoms. The van der Waals surface area contributed by atoms with Crippen LogP contribution in [0.25, 0.3) is 6.08 Å². The highest BCUT2D eigenvalue weighted by Crippen LogP contribution is 2.36. The first-order chi connectivity index (χ1) is 6.86. The zero-order valence-corrected chi connectivity index (χ0v) is 9.73. The smallest absolute Gasteiger partial charge is 0.0216 e. The van der Waals surface area contributed by atoms with Crippen molar-refractivity contribution in [3.63, 3.8) is 0 Å². The van der Waals surface area contributed by atoms with Crippen LogP contribution < -0.4 is 0 Å². The molecule has 0 aromatic heterocycles. The monoisotopic (exact) mass is 248 g/mol. The predicted molar refractivity (Wildman–Crippen MR) is 63.5 cm³/mol. The first-order valence-electron chi connectivity index (χ1n) is 5.36. The second-order valence-corrected chi connectivity index (χ2v) is 5.05. The van der Waals surface area contributed by atoms with Gasteiger partial charge in [-0.25, -0.2) is 0 Å². The van der Waals surface area contributed by atoms with Gasteiger partial charge in [0, 0.05) is 4.47 Å². The van der Waals surface area contributed by atoms with Crippen LogP contribution in [0.5, 0.6) is 0 Å². The van der Waals surface area contributed by atoms with Crippen molar-refractivity contribution in [1.29, 1.82) is 0 Å². The maximum Gasteiger partial charge on any atom is 0.0216 e. The zero-order chi connectivity index (χ0) is 9.54. The molecule has 0 saturated carbocycles. The van der Waals surface area contributed by atoms with Crippen molar-refractivity contribution in [3.05, 3.63) is 38.9 Å². The van der Waals surface area contributed by atoms with Crippen LogP contribution in [0.1, 0.15) is 35.1 Å². The lowest BCUT2D eigenvalue weighted by molar-refractivity contribution is 0.678. The molecule has 0 radical (unpaired) electrons. The highest BCUT2D eigenvalue weighted by Gasteiger charge is 2.19. The molecule has 0 N–H and O–H groups in total. The number of rotatable bonds is 0. The van der Waals surface area contributed by atoms with Gasteiger partial charge in [-0.05, 0) is 60.4 Å². The van der Waals surface area contributed by atoms with Crippen LogP contribution >= 0.6 is 15.9 Å². The van der Waals surface area contributed by atoms with Crippen molar-refractivity contribution >= 4 is 22.0 Å². The Labute approximate surface area is 93.2 Å². The van der Waals surface area contributed by atoms with E-state index in [0.717, 1.165) is 6.42 Å². The first-order valence-corrected chi connectivity index (χ1v) is 6.15. The first kappa shape index (κ1) is 8.72. The van der Waals surface area contributed by atoms with E-state index >= 15 is 0 Å². The number of hydrogen-bond acceptors (Lipinski definition) is 0. The van der Waals surface area contributed by atoms with Crippen molar-refractivity contribution in [2.75, 3.05) is 0 Å². The molecule has 0 unspecified atom stereocenters. The Kier molecular flexibility index (Phi) is 2.01. The Morgan fingerprint density at radius 2 is 1.79 bits per heavy atom. The molecule has 1 aromatic rings. The maximum atomic E-state index is 3.70. The van der Waals surface area contributed by atoms with Gasteiger partial charge < -0.3 is 0 Å². The van der Waals surface area contributed by atoms with Gasteiger partial charge in [0.05, 0.1) is 0 Å². The average molecular weight is 249 g/mol. The van der Waals surface area contributed by atoms with E-state index in [1.165, 1.54) is 35.7 Å². The second-order valence-electron chi connectivity index (χ2n) is 4.20. The standard InChI is InChI=1S/C13H13Br/c14-13-8-9-4-3-7-10(9)11-5-1-2-6-12(11)13/h3-4,8H,1-2,5-7H2. The molecule has 0 bridgehead atoms. The third kappa shape index (κ3) is 1.18. The Bertz CT molecular complexity index is 412. The normalized spacial score (nSPS) is 18.1. The fourth-order valence-corrected chi connectivity index (χ4v) is 3.36. The molecule has 14 heavy (non-hydrogen) atoms. The fraction of sp³-hybridized carbons (Fsp3) is 0.385. The summed E-state index contributed by atoms with van der Waals surface area (Å²) in [6, 6.07) is 2.29. The topological polar surface area (TPSA) is 0 Å². The summed E-state index contributed by atoms with van der Waals surface area (Å²) in [6.45, 7) is 0. The minimum absolute atomic E-state index is 1.16. The lowest BCUT2D eigenvalue weighted by Crippen LogP contribution is -2.07. The maximum absolute atomic E-state index is 3.70. The highest BCUT2D eigenvalue weighted by atomic mass is 79.9. The van der Waals surface area contributed by atoms with Gasteiger partial charge in [-0.1, -0.05) is 28.1 Å². The summed E-state index contributed by atoms with van der Waals surface area (Å²) < 4.78 is 1.33. The fourth-order valence-electron chi connectivity index (χ4n) is 2.68. The molecular formula is C13H13Br. The van der Waals surface area contributed by atoms with Crippen LogP contribution in [0.3, 0.4) is 0 Å². The Hall–Kier alpha value is -0.560. The minimum Gasteiger partial charge on any atom is -0.0795 e. The summed E-state index contributed by atoms with van der Waals surface area (Å²) in [5.41, 5.74) is 6.27. The number of allylic oxidation sites excluding steroid dienone is 1. The quantitative estimate of drug-likeness (QED) is 0.654. The van der Waals surface area contributed by atoms with Gasteiger partial charge in [0.1, 0.15) is 0 Å². The van der Waals surface area contributed by atoms with Gasteiger partial charge >= 0.3 is 0 Å². The highest BCUT2D eigenvalue weighted by molar-refractivity contribution is 9.10. The van der Waals surface area contributed by atoms with Crippen molar-refractivity contribution in [3.8, 4) is 0 Å². The molecule has 2 aliphatic rings. The Morgan fingerprint density at radius 1 is 1.00 bits per heavy atom. The van der Waals surface area contributed by atoms with E-state index in [4.69, 9.17) is 0 Å². The van der Waals surface area contributed by atoms with E-state index in [1.807, 2.05) is 0 Å². The largest absolute Gasteiger partial charge is 0.0795 e. The predicted octanol–water partition coefficient (Wildman–Crippen LogP) is 3.90. The molecule has 1 heteroatoms. The van der Waals surface area contributed by atoms with Crippen molar-refractivity contribution in [1.82, 2.24) is 0 Å². The molecule has 1 aromatic carbocycles. The van der Waals surface area contributed by atoms with Crippen LogP contribution in [0.15, 0.2) is 16.6 Å². The molecule has 0 heterocycles. The van der Waals surface area contributed by atoms with Crippen LogP contribution in [0, 0.1) is 0 Å². The van der Waals surface area contributed by atoms with E-state index in [9.17, 15) is 0 Å². The van der Waals surface area contributed by atoms with Crippen LogP contribution in [-0.2, 0) is 19.3 Å². The van der Waals surface area contributed by atoms with Gasteiger partial charge in [0.15, 0.2) is 0 Å². The Balaban J connectivity index is 2.25. The zero-order valence-electron chi connectivity index (χ0n) is 8.15. The summed E-state index contributed by atoms with van der Waals surface area (Å²) in [5, 5.41) is 0. The van der Waals surface area contributed by atoms with Gasteiger partial charge in [0.2, 0.25) is 0 Å². The third-order valence-electron chi connectivity index (χ3n) is 3.37. The molecule has 0 amide bonds. The minimum atomic E-state index is 1.16. The lowest BCUT2D eigenvalue weighted by Gasteiger charge is -2.21. The second kappa shape index (κ2) is 3.23. The van der Waals surface area contributed by atoms with Crippen molar-refractivity contribution in [2.45, 2.75) is 32.1 Å². The molecule has 0 fully saturated rings. The average Bonchev–Trinajstić information content (AvgIpc) is 2.66. The molecule has 0 nitrogen and oxygen atoms in total. The SMILES string of the molecule is Brc1cc2c(c3c1CCCC3)CC=C2. The number of fused-ring (bicyclic) bond motifs is 3. The number of halogens is 1. The molecule has 3 rings (SSSR count). The number of benzene rings is 1. The molecule has 0 saturated heterocycles. The van der Waals surface area contributed by atoms with Crippen LogP contribution in [0.4, 0.5) is 0 Å². The lowest BCUT2D eigenvalue weighted by atomic mass is 9.86.